The minimum Gasteiger partial charge on any atom is -0.387 e. The maximum absolute atomic E-state index is 13.5. The normalized spacial score (nSPS) is 17.0. The number of aliphatic hydroxyl groups is 1. The molecule has 1 amide bonds. The minimum atomic E-state index is -0.917. The zero-order valence-corrected chi connectivity index (χ0v) is 13.1. The van der Waals surface area contributed by atoms with Crippen LogP contribution in [0.1, 0.15) is 36.5 Å². The molecule has 1 atom stereocenters. The lowest BCUT2D eigenvalue weighted by molar-refractivity contribution is -0.130. The van der Waals surface area contributed by atoms with Crippen molar-refractivity contribution in [3.05, 3.63) is 71.3 Å². The van der Waals surface area contributed by atoms with Crippen LogP contribution in [0, 0.1) is 11.6 Å². The van der Waals surface area contributed by atoms with Gasteiger partial charge < -0.3 is 10.4 Å². The lowest BCUT2D eigenvalue weighted by atomic mass is 9.63. The summed E-state index contributed by atoms with van der Waals surface area (Å²) in [5, 5.41) is 12.9. The van der Waals surface area contributed by atoms with Gasteiger partial charge in [-0.25, -0.2) is 8.78 Å². The second kappa shape index (κ2) is 6.69. The van der Waals surface area contributed by atoms with Crippen molar-refractivity contribution >= 4 is 5.91 Å². The van der Waals surface area contributed by atoms with Crippen LogP contribution in [0.5, 0.6) is 0 Å². The molecule has 24 heavy (non-hydrogen) atoms. The van der Waals surface area contributed by atoms with Gasteiger partial charge in [-0.05, 0) is 48.2 Å². The number of hydrogen-bond acceptors (Lipinski definition) is 2. The van der Waals surface area contributed by atoms with Crippen LogP contribution in [-0.2, 0) is 10.2 Å². The number of carbonyl (C=O) groups excluding carboxylic acids is 1. The Kier molecular flexibility index (Phi) is 4.62. The molecular formula is C19H19F2NO2. The third-order valence-electron chi connectivity index (χ3n) is 4.73. The first-order chi connectivity index (χ1) is 11.5. The zero-order chi connectivity index (χ0) is 17.2. The lowest BCUT2D eigenvalue weighted by Gasteiger charge is -2.41. The van der Waals surface area contributed by atoms with E-state index in [0.717, 1.165) is 6.42 Å². The fourth-order valence-electron chi connectivity index (χ4n) is 3.12. The van der Waals surface area contributed by atoms with Gasteiger partial charge in [0.25, 0.3) is 0 Å². The number of nitrogens with one attached hydrogen (secondary N) is 1. The highest BCUT2D eigenvalue weighted by atomic mass is 19.1. The van der Waals surface area contributed by atoms with Crippen LogP contribution in [0.15, 0.2) is 48.5 Å². The highest BCUT2D eigenvalue weighted by Crippen LogP contribution is 2.44. The maximum Gasteiger partial charge on any atom is 0.230 e. The molecule has 0 aliphatic heterocycles. The van der Waals surface area contributed by atoms with Crippen LogP contribution in [0.3, 0.4) is 0 Å². The molecule has 0 bridgehead atoms. The molecule has 126 valence electrons. The van der Waals surface area contributed by atoms with E-state index in [0.29, 0.717) is 24.0 Å². The van der Waals surface area contributed by atoms with Gasteiger partial charge in [0.15, 0.2) is 0 Å². The Labute approximate surface area is 139 Å². The summed E-state index contributed by atoms with van der Waals surface area (Å²) in [5.41, 5.74) is 0.484. The van der Waals surface area contributed by atoms with Gasteiger partial charge in [0.1, 0.15) is 11.6 Å². The first-order valence-corrected chi connectivity index (χ1v) is 7.99. The van der Waals surface area contributed by atoms with Gasteiger partial charge >= 0.3 is 0 Å². The Morgan fingerprint density at radius 3 is 2.42 bits per heavy atom. The molecule has 1 aliphatic carbocycles. The van der Waals surface area contributed by atoms with Crippen molar-refractivity contribution in [1.29, 1.82) is 0 Å². The Balaban J connectivity index is 1.68. The summed E-state index contributed by atoms with van der Waals surface area (Å²) < 4.78 is 26.4. The van der Waals surface area contributed by atoms with Gasteiger partial charge in [-0.2, -0.15) is 0 Å². The molecule has 2 aromatic rings. The summed E-state index contributed by atoms with van der Waals surface area (Å²) in [6.07, 6.45) is 1.31. The van der Waals surface area contributed by atoms with Crippen molar-refractivity contribution in [1.82, 2.24) is 5.32 Å². The summed E-state index contributed by atoms with van der Waals surface area (Å²) >= 11 is 0. The number of carbonyl (C=O) groups is 1. The lowest BCUT2D eigenvalue weighted by Crippen LogP contribution is -2.50. The molecule has 1 unspecified atom stereocenters. The van der Waals surface area contributed by atoms with Crippen molar-refractivity contribution in [2.75, 3.05) is 6.54 Å². The number of rotatable bonds is 5. The van der Waals surface area contributed by atoms with Gasteiger partial charge in [-0.1, -0.05) is 30.7 Å². The van der Waals surface area contributed by atoms with Crippen LogP contribution in [0.25, 0.3) is 0 Å². The molecular weight excluding hydrogens is 312 g/mol. The summed E-state index contributed by atoms with van der Waals surface area (Å²) in [6, 6.07) is 11.6. The Bertz CT molecular complexity index is 726. The summed E-state index contributed by atoms with van der Waals surface area (Å²) in [6.45, 7) is 0.0293. The van der Waals surface area contributed by atoms with Crippen molar-refractivity contribution < 1.29 is 18.7 Å². The van der Waals surface area contributed by atoms with E-state index in [2.05, 4.69) is 5.32 Å². The predicted molar refractivity (Wildman–Crippen MR) is 86.3 cm³/mol. The fourth-order valence-corrected chi connectivity index (χ4v) is 3.12. The van der Waals surface area contributed by atoms with Gasteiger partial charge in [0, 0.05) is 6.54 Å². The molecule has 1 saturated carbocycles. The zero-order valence-electron chi connectivity index (χ0n) is 13.1. The van der Waals surface area contributed by atoms with Crippen LogP contribution in [0.4, 0.5) is 8.78 Å². The standard InChI is InChI=1S/C19H19F2NO2/c20-15-7-5-13(6-8-15)17(23)12-22-18(24)19(9-2-10-19)14-3-1-4-16(21)11-14/h1,3-8,11,17,23H,2,9-10,12H2,(H,22,24). The van der Waals surface area contributed by atoms with Crippen molar-refractivity contribution in [2.45, 2.75) is 30.8 Å². The Morgan fingerprint density at radius 1 is 1.12 bits per heavy atom. The number of aliphatic hydroxyl groups excluding tert-OH is 1. The van der Waals surface area contributed by atoms with Crippen LogP contribution in [-0.4, -0.2) is 17.6 Å². The molecule has 1 aliphatic rings. The average Bonchev–Trinajstić information content (AvgIpc) is 2.52. The molecule has 5 heteroatoms. The molecule has 0 spiro atoms. The SMILES string of the molecule is O=C(NCC(O)c1ccc(F)cc1)C1(c2cccc(F)c2)CCC1. The molecule has 3 rings (SSSR count). The van der Waals surface area contributed by atoms with Gasteiger partial charge in [-0.3, -0.25) is 4.79 Å². The van der Waals surface area contributed by atoms with E-state index < -0.39 is 11.5 Å². The van der Waals surface area contributed by atoms with Gasteiger partial charge in [0.05, 0.1) is 11.5 Å². The van der Waals surface area contributed by atoms with Gasteiger partial charge in [0.2, 0.25) is 5.91 Å². The third-order valence-corrected chi connectivity index (χ3v) is 4.73. The second-order valence-electron chi connectivity index (χ2n) is 6.22. The second-order valence-corrected chi connectivity index (χ2v) is 6.22. The molecule has 0 radical (unpaired) electrons. The topological polar surface area (TPSA) is 49.3 Å². The van der Waals surface area contributed by atoms with Crippen LogP contribution >= 0.6 is 0 Å². The van der Waals surface area contributed by atoms with Crippen molar-refractivity contribution in [3.8, 4) is 0 Å². The predicted octanol–water partition coefficient (Wildman–Crippen LogP) is 3.24. The fraction of sp³-hybridized carbons (Fsp3) is 0.316. The molecule has 2 N–H and O–H groups in total. The molecule has 2 aromatic carbocycles. The number of amides is 1. The number of benzene rings is 2. The van der Waals surface area contributed by atoms with Crippen molar-refractivity contribution in [2.24, 2.45) is 0 Å². The smallest absolute Gasteiger partial charge is 0.230 e. The van der Waals surface area contributed by atoms with E-state index in [1.54, 1.807) is 12.1 Å². The van der Waals surface area contributed by atoms with Crippen LogP contribution in [0.2, 0.25) is 0 Å². The van der Waals surface area contributed by atoms with E-state index in [4.69, 9.17) is 0 Å². The van der Waals surface area contributed by atoms with Gasteiger partial charge in [-0.15, -0.1) is 0 Å². The molecule has 0 heterocycles. The third kappa shape index (κ3) is 3.17. The quantitative estimate of drug-likeness (QED) is 0.884. The van der Waals surface area contributed by atoms with Crippen LogP contribution < -0.4 is 5.32 Å². The van der Waals surface area contributed by atoms with Crippen molar-refractivity contribution in [3.63, 3.8) is 0 Å². The Hall–Kier alpha value is -2.27. The van der Waals surface area contributed by atoms with E-state index >= 15 is 0 Å². The molecule has 0 saturated heterocycles. The first-order valence-electron chi connectivity index (χ1n) is 7.99. The summed E-state index contributed by atoms with van der Waals surface area (Å²) in [5.74, 6) is -0.951. The number of hydrogen-bond donors (Lipinski definition) is 2. The van der Waals surface area contributed by atoms with E-state index in [1.165, 1.54) is 36.4 Å². The van der Waals surface area contributed by atoms with E-state index in [9.17, 15) is 18.7 Å². The van der Waals surface area contributed by atoms with E-state index in [-0.39, 0.29) is 24.1 Å². The molecule has 1 fully saturated rings. The maximum atomic E-state index is 13.5. The number of halogens is 2. The highest BCUT2D eigenvalue weighted by molar-refractivity contribution is 5.89. The summed E-state index contributed by atoms with van der Waals surface area (Å²) in [7, 11) is 0. The first kappa shape index (κ1) is 16.6. The molecule has 3 nitrogen and oxygen atoms in total. The monoisotopic (exact) mass is 331 g/mol. The van der Waals surface area contributed by atoms with E-state index in [1.807, 2.05) is 0 Å². The minimum absolute atomic E-state index is 0.0293. The largest absolute Gasteiger partial charge is 0.387 e. The Morgan fingerprint density at radius 2 is 1.83 bits per heavy atom. The average molecular weight is 331 g/mol. The summed E-state index contributed by atoms with van der Waals surface area (Å²) in [4.78, 5) is 12.6. The highest BCUT2D eigenvalue weighted by Gasteiger charge is 2.45. The molecule has 0 aromatic heterocycles.